The molecule has 1 heterocycles. The smallest absolute Gasteiger partial charge is 0.334 e. The molecule has 0 aromatic heterocycles. The van der Waals surface area contributed by atoms with Gasteiger partial charge < -0.3 is 9.84 Å². The molecule has 0 aliphatic carbocycles. The van der Waals surface area contributed by atoms with Crippen LogP contribution in [-0.4, -0.2) is 23.8 Å². The van der Waals surface area contributed by atoms with Crippen LogP contribution in [0, 0.1) is 0 Å². The van der Waals surface area contributed by atoms with Gasteiger partial charge in [-0.05, 0) is 12.8 Å². The highest BCUT2D eigenvalue weighted by molar-refractivity contribution is 5.74. The molecule has 1 rings (SSSR count). The first-order valence-corrected chi connectivity index (χ1v) is 12.2. The lowest BCUT2D eigenvalue weighted by Gasteiger charge is -2.10. The van der Waals surface area contributed by atoms with Gasteiger partial charge >= 0.3 is 5.97 Å². The van der Waals surface area contributed by atoms with Gasteiger partial charge in [-0.15, -0.1) is 0 Å². The van der Waals surface area contributed by atoms with Crippen molar-refractivity contribution in [1.82, 2.24) is 0 Å². The van der Waals surface area contributed by atoms with Crippen molar-refractivity contribution in [3.05, 3.63) is 0 Å². The van der Waals surface area contributed by atoms with Crippen LogP contribution in [0.15, 0.2) is 0 Å². The largest absolute Gasteiger partial charge is 0.464 e. The summed E-state index contributed by atoms with van der Waals surface area (Å²) >= 11 is 0. The number of cyclic esters (lactones) is 1. The quantitative estimate of drug-likeness (QED) is 0.455. The number of hydrogen-bond donors (Lipinski definition) is 1. The van der Waals surface area contributed by atoms with Crippen molar-refractivity contribution in [2.45, 2.75) is 141 Å². The lowest BCUT2D eigenvalue weighted by molar-refractivity contribution is -0.154. The number of carbonyl (C=O) groups is 1. The highest BCUT2D eigenvalue weighted by atomic mass is 16.5. The van der Waals surface area contributed by atoms with Crippen LogP contribution in [0.4, 0.5) is 0 Å². The lowest BCUT2D eigenvalue weighted by atomic mass is 10.0. The molecule has 0 aromatic carbocycles. The number of hydrogen-bond acceptors (Lipinski definition) is 3. The second-order valence-corrected chi connectivity index (χ2v) is 8.54. The summed E-state index contributed by atoms with van der Waals surface area (Å²) in [4.78, 5) is 11.8. The van der Waals surface area contributed by atoms with Crippen LogP contribution in [0.5, 0.6) is 0 Å². The first-order chi connectivity index (χ1) is 13.3. The maximum absolute atomic E-state index is 11.8. The molecule has 1 aliphatic heterocycles. The molecule has 1 fully saturated rings. The second kappa shape index (κ2) is 18.8. The molecule has 0 spiro atoms. The summed E-state index contributed by atoms with van der Waals surface area (Å²) in [5.74, 6) is -0.416. The van der Waals surface area contributed by atoms with Gasteiger partial charge in [0, 0.05) is 0 Å². The van der Waals surface area contributed by atoms with Crippen molar-refractivity contribution in [2.24, 2.45) is 0 Å². The van der Waals surface area contributed by atoms with Crippen molar-refractivity contribution < 1.29 is 14.6 Å². The van der Waals surface area contributed by atoms with Gasteiger partial charge in [0.1, 0.15) is 0 Å². The number of aliphatic hydroxyl groups is 1. The molecule has 0 radical (unpaired) electrons. The van der Waals surface area contributed by atoms with Gasteiger partial charge in [0.05, 0.1) is 6.61 Å². The molecule has 1 atom stereocenters. The predicted octanol–water partition coefficient (Wildman–Crippen LogP) is 7.10. The molecule has 160 valence electrons. The van der Waals surface area contributed by atoms with E-state index >= 15 is 0 Å². The average Bonchev–Trinajstić information content (AvgIpc) is 2.67. The van der Waals surface area contributed by atoms with Gasteiger partial charge in [0.25, 0.3) is 0 Å². The molecule has 0 aromatic rings. The maximum Gasteiger partial charge on any atom is 0.334 e. The Kier molecular flexibility index (Phi) is 17.0. The van der Waals surface area contributed by atoms with Gasteiger partial charge in [-0.1, -0.05) is 122 Å². The summed E-state index contributed by atoms with van der Waals surface area (Å²) in [6.07, 6.45) is 25.6. The lowest BCUT2D eigenvalue weighted by Crippen LogP contribution is -2.23. The van der Waals surface area contributed by atoms with E-state index in [4.69, 9.17) is 4.74 Å². The highest BCUT2D eigenvalue weighted by Gasteiger charge is 2.15. The summed E-state index contributed by atoms with van der Waals surface area (Å²) in [6.45, 7) is 0.468. The Bertz CT molecular complexity index is 330. The van der Waals surface area contributed by atoms with Gasteiger partial charge in [-0.3, -0.25) is 0 Å². The van der Waals surface area contributed by atoms with Gasteiger partial charge in [0.15, 0.2) is 6.10 Å². The Labute approximate surface area is 168 Å². The second-order valence-electron chi connectivity index (χ2n) is 8.54. The van der Waals surface area contributed by atoms with E-state index in [1.807, 2.05) is 0 Å². The minimum Gasteiger partial charge on any atom is -0.464 e. The van der Waals surface area contributed by atoms with Crippen molar-refractivity contribution in [1.29, 1.82) is 0 Å². The Hall–Kier alpha value is -0.570. The van der Waals surface area contributed by atoms with E-state index in [1.165, 1.54) is 103 Å². The molecule has 1 saturated heterocycles. The number of ether oxygens (including phenoxy) is 1. The van der Waals surface area contributed by atoms with Gasteiger partial charge in [-0.2, -0.15) is 0 Å². The number of carbonyl (C=O) groups excluding carboxylic acids is 1. The Morgan fingerprint density at radius 3 is 1.19 bits per heavy atom. The number of esters is 1. The third-order valence-electron chi connectivity index (χ3n) is 5.89. The van der Waals surface area contributed by atoms with E-state index in [9.17, 15) is 9.90 Å². The summed E-state index contributed by atoms with van der Waals surface area (Å²) < 4.78 is 5.22. The molecule has 1 unspecified atom stereocenters. The minimum absolute atomic E-state index is 0.416. The first kappa shape index (κ1) is 24.5. The summed E-state index contributed by atoms with van der Waals surface area (Å²) in [6, 6.07) is 0. The van der Waals surface area contributed by atoms with Crippen molar-refractivity contribution in [3.63, 3.8) is 0 Å². The fourth-order valence-electron chi connectivity index (χ4n) is 4.01. The first-order valence-electron chi connectivity index (χ1n) is 12.2. The molecule has 1 aliphatic rings. The topological polar surface area (TPSA) is 46.5 Å². The molecule has 0 bridgehead atoms. The van der Waals surface area contributed by atoms with E-state index in [0.717, 1.165) is 25.7 Å². The van der Waals surface area contributed by atoms with E-state index in [0.29, 0.717) is 13.0 Å². The van der Waals surface area contributed by atoms with Gasteiger partial charge in [-0.25, -0.2) is 4.79 Å². The molecule has 3 heteroatoms. The zero-order valence-corrected chi connectivity index (χ0v) is 17.9. The van der Waals surface area contributed by atoms with Crippen LogP contribution in [0.3, 0.4) is 0 Å². The SMILES string of the molecule is O=C1OCCCCCCCCCCCCCCCCCCCCCCC1O. The maximum atomic E-state index is 11.8. The van der Waals surface area contributed by atoms with Crippen LogP contribution in [-0.2, 0) is 9.53 Å². The average molecular weight is 383 g/mol. The van der Waals surface area contributed by atoms with Crippen LogP contribution >= 0.6 is 0 Å². The van der Waals surface area contributed by atoms with E-state index in [2.05, 4.69) is 0 Å². The standard InChI is InChI=1S/C24H46O3/c25-23-21-19-17-15-13-11-9-7-5-3-1-2-4-6-8-10-12-14-16-18-20-22-27-24(23)26/h23,25H,1-22H2. The zero-order valence-electron chi connectivity index (χ0n) is 17.9. The fraction of sp³-hybridized carbons (Fsp3) is 0.958. The van der Waals surface area contributed by atoms with Crippen LogP contribution in [0.25, 0.3) is 0 Å². The normalized spacial score (nSPS) is 25.7. The third kappa shape index (κ3) is 16.1. The molecule has 27 heavy (non-hydrogen) atoms. The number of rotatable bonds is 0. The Morgan fingerprint density at radius 1 is 0.519 bits per heavy atom. The van der Waals surface area contributed by atoms with E-state index < -0.39 is 12.1 Å². The molecular formula is C24H46O3. The van der Waals surface area contributed by atoms with Crippen LogP contribution in [0.1, 0.15) is 135 Å². The number of aliphatic hydroxyl groups excluding tert-OH is 1. The summed E-state index contributed by atoms with van der Waals surface area (Å²) in [7, 11) is 0. The van der Waals surface area contributed by atoms with Crippen LogP contribution in [0.2, 0.25) is 0 Å². The van der Waals surface area contributed by atoms with Crippen LogP contribution < -0.4 is 0 Å². The molecule has 3 nitrogen and oxygen atoms in total. The summed E-state index contributed by atoms with van der Waals surface area (Å²) in [5, 5.41) is 9.89. The molecule has 1 N–H and O–H groups in total. The molecular weight excluding hydrogens is 336 g/mol. The van der Waals surface area contributed by atoms with Crippen molar-refractivity contribution in [2.75, 3.05) is 6.61 Å². The predicted molar refractivity (Wildman–Crippen MR) is 114 cm³/mol. The highest BCUT2D eigenvalue weighted by Crippen LogP contribution is 2.15. The zero-order chi connectivity index (χ0) is 19.4. The van der Waals surface area contributed by atoms with E-state index in [-0.39, 0.29) is 0 Å². The summed E-state index contributed by atoms with van der Waals surface area (Å²) in [5.41, 5.74) is 0. The Balaban J connectivity index is 2.15. The Morgan fingerprint density at radius 2 is 0.815 bits per heavy atom. The van der Waals surface area contributed by atoms with Crippen molar-refractivity contribution >= 4 is 5.97 Å². The van der Waals surface area contributed by atoms with Gasteiger partial charge in [0.2, 0.25) is 0 Å². The monoisotopic (exact) mass is 382 g/mol. The third-order valence-corrected chi connectivity index (χ3v) is 5.89. The minimum atomic E-state index is -0.917. The van der Waals surface area contributed by atoms with E-state index in [1.54, 1.807) is 0 Å². The molecule has 0 saturated carbocycles. The molecule has 0 amide bonds. The fourth-order valence-corrected chi connectivity index (χ4v) is 4.01. The van der Waals surface area contributed by atoms with Crippen molar-refractivity contribution in [3.8, 4) is 0 Å².